The van der Waals surface area contributed by atoms with Gasteiger partial charge in [-0.2, -0.15) is 11.8 Å². The van der Waals surface area contributed by atoms with E-state index in [4.69, 9.17) is 9.47 Å². The van der Waals surface area contributed by atoms with Crippen LogP contribution in [0.4, 0.5) is 0 Å². The lowest BCUT2D eigenvalue weighted by atomic mass is 9.73. The Morgan fingerprint density at radius 3 is 2.66 bits per heavy atom. The molecule has 0 bridgehead atoms. The summed E-state index contributed by atoms with van der Waals surface area (Å²) in [5.74, 6) is 3.05. The van der Waals surface area contributed by atoms with E-state index < -0.39 is 0 Å². The van der Waals surface area contributed by atoms with E-state index >= 15 is 0 Å². The normalized spacial score (nSPS) is 20.8. The molecule has 3 aromatic carbocycles. The summed E-state index contributed by atoms with van der Waals surface area (Å²) in [6, 6.07) is 20.8. The molecule has 3 aromatic rings. The van der Waals surface area contributed by atoms with E-state index in [9.17, 15) is 4.79 Å². The molecule has 0 spiro atoms. The number of aryl methyl sites for hydroxylation is 1. The molecule has 1 aliphatic heterocycles. The minimum atomic E-state index is -0.152. The number of carbonyl (C=O) groups is 1. The van der Waals surface area contributed by atoms with E-state index in [1.54, 1.807) is 0 Å². The van der Waals surface area contributed by atoms with Gasteiger partial charge in [0, 0.05) is 27.3 Å². The number of carbonyl (C=O) groups excluding carboxylic acids is 1. The third-order valence-electron chi connectivity index (χ3n) is 7.41. The highest BCUT2D eigenvalue weighted by molar-refractivity contribution is 9.10. The second kappa shape index (κ2) is 10.8. The van der Waals surface area contributed by atoms with Gasteiger partial charge in [0.05, 0.1) is 5.92 Å². The largest absolute Gasteiger partial charge is 0.489 e. The second-order valence-corrected chi connectivity index (χ2v) is 11.5. The predicted octanol–water partition coefficient (Wildman–Crippen LogP) is 7.74. The van der Waals surface area contributed by atoms with Crippen LogP contribution < -0.4 is 4.74 Å². The number of fused-ring (bicyclic) bond motifs is 3. The zero-order valence-corrected chi connectivity index (χ0v) is 22.7. The minimum absolute atomic E-state index is 0.0130. The second-order valence-electron chi connectivity index (χ2n) is 9.58. The van der Waals surface area contributed by atoms with Crippen LogP contribution in [0.25, 0.3) is 0 Å². The molecule has 0 saturated carbocycles. The summed E-state index contributed by atoms with van der Waals surface area (Å²) >= 11 is 5.51. The highest BCUT2D eigenvalue weighted by Crippen LogP contribution is 2.51. The maximum absolute atomic E-state index is 13.0. The molecule has 1 heterocycles. The van der Waals surface area contributed by atoms with Gasteiger partial charge in [0.1, 0.15) is 18.5 Å². The van der Waals surface area contributed by atoms with Crippen molar-refractivity contribution >= 4 is 33.7 Å². The highest BCUT2D eigenvalue weighted by Gasteiger charge is 2.48. The molecule has 0 aromatic heterocycles. The maximum atomic E-state index is 13.0. The SMILES string of the molecule is Cc1cc(OCc2ccccc2Br)c(C)c2c1CCC1C(CCSCc3ccccc3)C(=O)O[C@@H]21. The summed E-state index contributed by atoms with van der Waals surface area (Å²) in [4.78, 5) is 13.0. The maximum Gasteiger partial charge on any atom is 0.310 e. The Hall–Kier alpha value is -2.24. The molecule has 2 unspecified atom stereocenters. The van der Waals surface area contributed by atoms with Crippen LogP contribution in [0.3, 0.4) is 0 Å². The molecule has 5 rings (SSSR count). The monoisotopic (exact) mass is 550 g/mol. The summed E-state index contributed by atoms with van der Waals surface area (Å²) in [5.41, 5.74) is 7.31. The lowest BCUT2D eigenvalue weighted by Crippen LogP contribution is -2.24. The van der Waals surface area contributed by atoms with Crippen LogP contribution in [0.1, 0.15) is 52.3 Å². The third kappa shape index (κ3) is 5.17. The van der Waals surface area contributed by atoms with E-state index in [0.717, 1.165) is 52.1 Å². The molecule has 0 amide bonds. The number of halogens is 1. The van der Waals surface area contributed by atoms with Crippen LogP contribution in [0.15, 0.2) is 65.1 Å². The number of thioether (sulfide) groups is 1. The first kappa shape index (κ1) is 24.5. The van der Waals surface area contributed by atoms with Crippen molar-refractivity contribution in [1.29, 1.82) is 0 Å². The van der Waals surface area contributed by atoms with Crippen molar-refractivity contribution in [2.75, 3.05) is 5.75 Å². The van der Waals surface area contributed by atoms with Crippen molar-refractivity contribution in [3.63, 3.8) is 0 Å². The summed E-state index contributed by atoms with van der Waals surface area (Å²) in [6.07, 6.45) is 2.73. The molecule has 0 radical (unpaired) electrons. The number of rotatable bonds is 8. The van der Waals surface area contributed by atoms with Crippen molar-refractivity contribution in [2.45, 2.75) is 51.6 Å². The molecule has 2 aliphatic rings. The van der Waals surface area contributed by atoms with E-state index in [1.807, 2.05) is 36.0 Å². The Kier molecular flexibility index (Phi) is 7.54. The van der Waals surface area contributed by atoms with E-state index in [2.05, 4.69) is 66.2 Å². The smallest absolute Gasteiger partial charge is 0.310 e. The van der Waals surface area contributed by atoms with Crippen molar-refractivity contribution in [2.24, 2.45) is 11.8 Å². The number of benzene rings is 3. The zero-order valence-electron chi connectivity index (χ0n) is 20.3. The summed E-state index contributed by atoms with van der Waals surface area (Å²) in [5, 5.41) is 0. The van der Waals surface area contributed by atoms with Gasteiger partial charge < -0.3 is 9.47 Å². The van der Waals surface area contributed by atoms with Crippen molar-refractivity contribution in [3.8, 4) is 5.75 Å². The molecule has 3 nitrogen and oxygen atoms in total. The van der Waals surface area contributed by atoms with Gasteiger partial charge in [-0.05, 0) is 73.2 Å². The Balaban J connectivity index is 1.30. The average molecular weight is 552 g/mol. The summed E-state index contributed by atoms with van der Waals surface area (Å²) in [7, 11) is 0. The highest BCUT2D eigenvalue weighted by atomic mass is 79.9. The quantitative estimate of drug-likeness (QED) is 0.212. The number of hydrogen-bond acceptors (Lipinski definition) is 4. The zero-order chi connectivity index (χ0) is 24.4. The van der Waals surface area contributed by atoms with Crippen molar-refractivity contribution in [3.05, 3.63) is 98.5 Å². The van der Waals surface area contributed by atoms with Gasteiger partial charge in [0.2, 0.25) is 0 Å². The molecule has 35 heavy (non-hydrogen) atoms. The van der Waals surface area contributed by atoms with Gasteiger partial charge in [0.15, 0.2) is 0 Å². The molecular formula is C30H31BrO3S. The molecule has 1 aliphatic carbocycles. The van der Waals surface area contributed by atoms with E-state index in [0.29, 0.717) is 6.61 Å². The van der Waals surface area contributed by atoms with Crippen molar-refractivity contribution < 1.29 is 14.3 Å². The first-order chi connectivity index (χ1) is 17.0. The first-order valence-electron chi connectivity index (χ1n) is 12.3. The van der Waals surface area contributed by atoms with Gasteiger partial charge in [-0.3, -0.25) is 4.79 Å². The first-order valence-corrected chi connectivity index (χ1v) is 14.3. The molecule has 1 saturated heterocycles. The third-order valence-corrected chi connectivity index (χ3v) is 9.25. The average Bonchev–Trinajstić information content (AvgIpc) is 3.19. The molecular weight excluding hydrogens is 520 g/mol. The Labute approximate surface area is 220 Å². The molecule has 5 heteroatoms. The van der Waals surface area contributed by atoms with Crippen LogP contribution in [-0.2, 0) is 28.3 Å². The lowest BCUT2D eigenvalue weighted by Gasteiger charge is -2.32. The lowest BCUT2D eigenvalue weighted by molar-refractivity contribution is -0.144. The fourth-order valence-electron chi connectivity index (χ4n) is 5.53. The van der Waals surface area contributed by atoms with Crippen molar-refractivity contribution in [1.82, 2.24) is 0 Å². The molecule has 182 valence electrons. The summed E-state index contributed by atoms with van der Waals surface area (Å²) < 4.78 is 13.4. The number of hydrogen-bond donors (Lipinski definition) is 0. The van der Waals surface area contributed by atoms with Gasteiger partial charge in [-0.25, -0.2) is 0 Å². The fraction of sp³-hybridized carbons (Fsp3) is 0.367. The van der Waals surface area contributed by atoms with Crippen LogP contribution in [-0.4, -0.2) is 11.7 Å². The Bertz CT molecular complexity index is 1210. The molecule has 0 N–H and O–H groups in total. The molecule has 1 fully saturated rings. The van der Waals surface area contributed by atoms with Gasteiger partial charge in [-0.1, -0.05) is 64.5 Å². The van der Waals surface area contributed by atoms with Crippen LogP contribution in [0, 0.1) is 25.7 Å². The minimum Gasteiger partial charge on any atom is -0.489 e. The predicted molar refractivity (Wildman–Crippen MR) is 146 cm³/mol. The topological polar surface area (TPSA) is 35.5 Å². The summed E-state index contributed by atoms with van der Waals surface area (Å²) in [6.45, 7) is 4.76. The molecule has 3 atom stereocenters. The van der Waals surface area contributed by atoms with Gasteiger partial charge >= 0.3 is 5.97 Å². The fourth-order valence-corrected chi connectivity index (χ4v) is 6.92. The number of esters is 1. The van der Waals surface area contributed by atoms with Crippen LogP contribution in [0.5, 0.6) is 5.75 Å². The Morgan fingerprint density at radius 2 is 1.86 bits per heavy atom. The van der Waals surface area contributed by atoms with E-state index in [-0.39, 0.29) is 23.9 Å². The van der Waals surface area contributed by atoms with Crippen LogP contribution >= 0.6 is 27.7 Å². The van der Waals surface area contributed by atoms with Crippen LogP contribution in [0.2, 0.25) is 0 Å². The Morgan fingerprint density at radius 1 is 1.09 bits per heavy atom. The standard InChI is InChI=1S/C30H31BrO3S/c1-19-16-27(33-17-22-10-6-7-11-26(22)31)20(2)28-23(19)12-13-24-25(30(32)34-29(24)28)14-15-35-18-21-8-4-3-5-9-21/h3-11,16,24-25,29H,12-15,17-18H2,1-2H3/t24?,25?,29-/m1/s1. The van der Waals surface area contributed by atoms with Gasteiger partial charge in [-0.15, -0.1) is 0 Å². The van der Waals surface area contributed by atoms with E-state index in [1.165, 1.54) is 22.3 Å². The van der Waals surface area contributed by atoms with Gasteiger partial charge in [0.25, 0.3) is 0 Å². The number of ether oxygens (including phenoxy) is 2.